The summed E-state index contributed by atoms with van der Waals surface area (Å²) in [4.78, 5) is 21.9. The van der Waals surface area contributed by atoms with E-state index in [-0.39, 0.29) is 36.1 Å². The summed E-state index contributed by atoms with van der Waals surface area (Å²) in [6, 6.07) is 8.21. The Kier molecular flexibility index (Phi) is 7.82. The lowest BCUT2D eigenvalue weighted by atomic mass is 10.1. The zero-order valence-electron chi connectivity index (χ0n) is 17.1. The van der Waals surface area contributed by atoms with Gasteiger partial charge >= 0.3 is 6.09 Å². The van der Waals surface area contributed by atoms with Gasteiger partial charge in [-0.1, -0.05) is 12.1 Å². The summed E-state index contributed by atoms with van der Waals surface area (Å²) in [5.41, 5.74) is 1.60. The summed E-state index contributed by atoms with van der Waals surface area (Å²) < 4.78 is 7.08. The van der Waals surface area contributed by atoms with Gasteiger partial charge in [0.05, 0.1) is 11.7 Å². The van der Waals surface area contributed by atoms with Crippen LogP contribution in [0.25, 0.3) is 5.69 Å². The maximum atomic E-state index is 12.0. The Bertz CT molecular complexity index is 810. The molecule has 158 valence electrons. The number of nitrogens with zero attached hydrogens (tertiary/aromatic N) is 5. The predicted molar refractivity (Wildman–Crippen MR) is 122 cm³/mol. The van der Waals surface area contributed by atoms with Gasteiger partial charge in [-0.2, -0.15) is 5.10 Å². The second kappa shape index (κ2) is 9.90. The molecule has 2 N–H and O–H groups in total. The first kappa shape index (κ1) is 22.9. The molecule has 1 aliphatic rings. The number of rotatable bonds is 4. The average molecular weight is 513 g/mol. The molecule has 1 amide bonds. The molecule has 1 aromatic heterocycles. The number of hydrogen-bond acceptors (Lipinski definition) is 5. The average Bonchev–Trinajstić information content (AvgIpc) is 3.13. The van der Waals surface area contributed by atoms with Crippen LogP contribution in [0.2, 0.25) is 0 Å². The van der Waals surface area contributed by atoms with E-state index in [1.165, 1.54) is 6.33 Å². The molecule has 2 heterocycles. The summed E-state index contributed by atoms with van der Waals surface area (Å²) in [6.45, 7) is 7.43. The molecule has 0 unspecified atom stereocenters. The number of ether oxygens (including phenoxy) is 1. The topological polar surface area (TPSA) is 96.7 Å². The lowest BCUT2D eigenvalue weighted by Gasteiger charge is -2.40. The molecule has 0 bridgehead atoms. The number of carbonyl (C=O) groups excluding carboxylic acids is 1. The predicted octanol–water partition coefficient (Wildman–Crippen LogP) is 2.17. The standard InChI is InChI=1S/C19H27N7O2.HI/c1-19(2,3)28-18(27)25-10-15(11-25)24-17(20-4)22-9-14-5-7-16(8-6-14)26-13-21-12-23-26;/h5-8,12-13,15H,9-11H2,1-4H3,(H2,20,22,24);1H. The molecular weight excluding hydrogens is 485 g/mol. The number of guanidine groups is 1. The van der Waals surface area contributed by atoms with E-state index in [0.29, 0.717) is 25.6 Å². The number of nitrogens with one attached hydrogen (secondary N) is 2. The van der Waals surface area contributed by atoms with Gasteiger partial charge in [0.25, 0.3) is 0 Å². The minimum atomic E-state index is -0.476. The van der Waals surface area contributed by atoms with Crippen molar-refractivity contribution < 1.29 is 9.53 Å². The molecule has 0 atom stereocenters. The van der Waals surface area contributed by atoms with E-state index in [0.717, 1.165) is 11.3 Å². The lowest BCUT2D eigenvalue weighted by Crippen LogP contribution is -2.63. The Labute approximate surface area is 187 Å². The van der Waals surface area contributed by atoms with E-state index in [1.54, 1.807) is 23.0 Å². The fraction of sp³-hybridized carbons (Fsp3) is 0.474. The van der Waals surface area contributed by atoms with Crippen LogP contribution in [-0.2, 0) is 11.3 Å². The number of aromatic nitrogens is 3. The summed E-state index contributed by atoms with van der Waals surface area (Å²) in [5, 5.41) is 10.7. The summed E-state index contributed by atoms with van der Waals surface area (Å²) in [6.07, 6.45) is 2.90. The van der Waals surface area contributed by atoms with Crippen molar-refractivity contribution >= 4 is 36.0 Å². The van der Waals surface area contributed by atoms with Crippen molar-refractivity contribution in [2.75, 3.05) is 20.1 Å². The Morgan fingerprint density at radius 1 is 1.28 bits per heavy atom. The maximum absolute atomic E-state index is 12.0. The third kappa shape index (κ3) is 6.58. The minimum Gasteiger partial charge on any atom is -0.444 e. The van der Waals surface area contributed by atoms with Crippen molar-refractivity contribution in [2.45, 2.75) is 39.0 Å². The first-order chi connectivity index (χ1) is 13.3. The van der Waals surface area contributed by atoms with Gasteiger partial charge in [-0.05, 0) is 38.5 Å². The second-order valence-corrected chi connectivity index (χ2v) is 7.66. The van der Waals surface area contributed by atoms with Gasteiger partial charge in [0.2, 0.25) is 0 Å². The molecule has 3 rings (SSSR count). The van der Waals surface area contributed by atoms with E-state index in [2.05, 4.69) is 25.7 Å². The minimum absolute atomic E-state index is 0. The smallest absolute Gasteiger partial charge is 0.410 e. The molecule has 1 saturated heterocycles. The Morgan fingerprint density at radius 2 is 1.97 bits per heavy atom. The van der Waals surface area contributed by atoms with Gasteiger partial charge in [-0.3, -0.25) is 4.99 Å². The van der Waals surface area contributed by atoms with Crippen LogP contribution < -0.4 is 10.6 Å². The molecule has 10 heteroatoms. The van der Waals surface area contributed by atoms with E-state index >= 15 is 0 Å². The Hall–Kier alpha value is -2.37. The molecule has 29 heavy (non-hydrogen) atoms. The Balaban J connectivity index is 0.00000300. The Morgan fingerprint density at radius 3 is 2.52 bits per heavy atom. The maximum Gasteiger partial charge on any atom is 0.410 e. The SMILES string of the molecule is CN=C(NCc1ccc(-n2cncn2)cc1)NC1CN(C(=O)OC(C)(C)C)C1.I. The first-order valence-electron chi connectivity index (χ1n) is 9.23. The van der Waals surface area contributed by atoms with Crippen molar-refractivity contribution in [2.24, 2.45) is 4.99 Å². The van der Waals surface area contributed by atoms with Crippen LogP contribution in [0, 0.1) is 0 Å². The zero-order valence-corrected chi connectivity index (χ0v) is 19.5. The van der Waals surface area contributed by atoms with Gasteiger partial charge < -0.3 is 20.3 Å². The summed E-state index contributed by atoms with van der Waals surface area (Å²) in [7, 11) is 1.73. The first-order valence-corrected chi connectivity index (χ1v) is 9.23. The van der Waals surface area contributed by atoms with Gasteiger partial charge in [0, 0.05) is 26.7 Å². The number of hydrogen-bond donors (Lipinski definition) is 2. The third-order valence-corrected chi connectivity index (χ3v) is 4.18. The molecule has 0 radical (unpaired) electrons. The quantitative estimate of drug-likeness (QED) is 0.370. The van der Waals surface area contributed by atoms with Gasteiger partial charge in [0.15, 0.2) is 5.96 Å². The van der Waals surface area contributed by atoms with Crippen LogP contribution in [0.5, 0.6) is 0 Å². The molecule has 9 nitrogen and oxygen atoms in total. The number of benzene rings is 1. The fourth-order valence-corrected chi connectivity index (χ4v) is 2.73. The van der Waals surface area contributed by atoms with Crippen molar-refractivity contribution in [3.8, 4) is 5.69 Å². The summed E-state index contributed by atoms with van der Waals surface area (Å²) in [5.74, 6) is 0.703. The molecule has 0 aliphatic carbocycles. The van der Waals surface area contributed by atoms with Gasteiger partial charge in [-0.25, -0.2) is 14.5 Å². The van der Waals surface area contributed by atoms with Crippen LogP contribution in [0.3, 0.4) is 0 Å². The molecule has 1 aliphatic heterocycles. The number of amides is 1. The highest BCUT2D eigenvalue weighted by molar-refractivity contribution is 14.0. The van der Waals surface area contributed by atoms with Crippen LogP contribution in [0.4, 0.5) is 4.79 Å². The molecule has 0 spiro atoms. The van der Waals surface area contributed by atoms with E-state index in [1.807, 2.05) is 45.0 Å². The zero-order chi connectivity index (χ0) is 20.1. The van der Waals surface area contributed by atoms with Crippen LogP contribution in [0.1, 0.15) is 26.3 Å². The molecule has 1 fully saturated rings. The monoisotopic (exact) mass is 513 g/mol. The van der Waals surface area contributed by atoms with Gasteiger partial charge in [0.1, 0.15) is 18.3 Å². The van der Waals surface area contributed by atoms with Crippen LogP contribution in [-0.4, -0.2) is 63.5 Å². The molecule has 1 aromatic carbocycles. The van der Waals surface area contributed by atoms with Crippen molar-refractivity contribution in [3.63, 3.8) is 0 Å². The highest BCUT2D eigenvalue weighted by Crippen LogP contribution is 2.15. The number of likely N-dealkylation sites (tertiary alicyclic amines) is 1. The number of halogens is 1. The molecule has 0 saturated carbocycles. The van der Waals surface area contributed by atoms with Crippen molar-refractivity contribution in [1.82, 2.24) is 30.3 Å². The normalized spacial score (nSPS) is 14.6. The second-order valence-electron chi connectivity index (χ2n) is 7.66. The van der Waals surface area contributed by atoms with Crippen molar-refractivity contribution in [1.29, 1.82) is 0 Å². The van der Waals surface area contributed by atoms with Crippen LogP contribution in [0.15, 0.2) is 41.9 Å². The number of aliphatic imine (C=N–C) groups is 1. The molecular formula is C19H28IN7O2. The van der Waals surface area contributed by atoms with E-state index in [9.17, 15) is 4.79 Å². The molecule has 2 aromatic rings. The fourth-order valence-electron chi connectivity index (χ4n) is 2.73. The van der Waals surface area contributed by atoms with Gasteiger partial charge in [-0.15, -0.1) is 24.0 Å². The summed E-state index contributed by atoms with van der Waals surface area (Å²) >= 11 is 0. The van der Waals surface area contributed by atoms with E-state index < -0.39 is 5.60 Å². The number of carbonyl (C=O) groups is 1. The third-order valence-electron chi connectivity index (χ3n) is 4.18. The highest BCUT2D eigenvalue weighted by Gasteiger charge is 2.34. The van der Waals surface area contributed by atoms with Crippen LogP contribution >= 0.6 is 24.0 Å². The lowest BCUT2D eigenvalue weighted by molar-refractivity contribution is 0.00701. The van der Waals surface area contributed by atoms with Crippen molar-refractivity contribution in [3.05, 3.63) is 42.5 Å². The largest absolute Gasteiger partial charge is 0.444 e. The highest BCUT2D eigenvalue weighted by atomic mass is 127. The van der Waals surface area contributed by atoms with E-state index in [4.69, 9.17) is 4.74 Å².